The molecule has 0 aliphatic carbocycles. The van der Waals surface area contributed by atoms with E-state index in [0.717, 1.165) is 5.56 Å². The van der Waals surface area contributed by atoms with Gasteiger partial charge >= 0.3 is 5.97 Å². The number of hydroxylamine groups is 2. The van der Waals surface area contributed by atoms with Gasteiger partial charge in [0.1, 0.15) is 16.7 Å². The summed E-state index contributed by atoms with van der Waals surface area (Å²) in [5.74, 6) is 0.553. The quantitative estimate of drug-likeness (QED) is 0.569. The first-order chi connectivity index (χ1) is 15.9. The Hall–Kier alpha value is -2.46. The van der Waals surface area contributed by atoms with Gasteiger partial charge in [0.2, 0.25) is 10.0 Å². The number of hydrogen-bond donors (Lipinski definition) is 0. The van der Waals surface area contributed by atoms with Crippen LogP contribution in [0.3, 0.4) is 0 Å². The van der Waals surface area contributed by atoms with E-state index in [-0.39, 0.29) is 25.7 Å². The zero-order chi connectivity index (χ0) is 23.4. The second-order valence-corrected chi connectivity index (χ2v) is 10.5. The largest absolute Gasteiger partial charge is 0.466 e. The van der Waals surface area contributed by atoms with Gasteiger partial charge in [-0.25, -0.2) is 12.7 Å². The van der Waals surface area contributed by atoms with Crippen LogP contribution in [-0.4, -0.2) is 62.4 Å². The second-order valence-electron chi connectivity index (χ2n) is 8.31. The number of para-hydroxylation sites is 1. The first-order valence-corrected chi connectivity index (χ1v) is 12.7. The smallest absolute Gasteiger partial charge is 0.310 e. The van der Waals surface area contributed by atoms with Crippen LogP contribution in [0.5, 0.6) is 11.5 Å². The van der Waals surface area contributed by atoms with Gasteiger partial charge in [0.05, 0.1) is 25.2 Å². The van der Waals surface area contributed by atoms with Gasteiger partial charge in [0.15, 0.2) is 0 Å². The Balaban J connectivity index is 1.56. The molecule has 0 saturated carbocycles. The highest BCUT2D eigenvalue weighted by Gasteiger charge is 2.47. The van der Waals surface area contributed by atoms with Crippen molar-refractivity contribution in [2.75, 3.05) is 33.4 Å². The highest BCUT2D eigenvalue weighted by atomic mass is 32.2. The van der Waals surface area contributed by atoms with Crippen molar-refractivity contribution in [1.29, 1.82) is 0 Å². The fourth-order valence-corrected chi connectivity index (χ4v) is 6.52. The molecular weight excluding hydrogens is 444 g/mol. The maximum Gasteiger partial charge on any atom is 0.310 e. The first kappa shape index (κ1) is 23.7. The van der Waals surface area contributed by atoms with Crippen LogP contribution in [-0.2, 0) is 24.4 Å². The second kappa shape index (κ2) is 10.2. The Kier molecular flexibility index (Phi) is 7.33. The fourth-order valence-electron chi connectivity index (χ4n) is 4.47. The van der Waals surface area contributed by atoms with Crippen molar-refractivity contribution in [1.82, 2.24) is 9.37 Å². The van der Waals surface area contributed by atoms with Gasteiger partial charge in [0.25, 0.3) is 0 Å². The van der Waals surface area contributed by atoms with Crippen molar-refractivity contribution in [3.63, 3.8) is 0 Å². The lowest BCUT2D eigenvalue weighted by molar-refractivity contribution is -0.149. The Morgan fingerprint density at radius 2 is 1.88 bits per heavy atom. The topological polar surface area (TPSA) is 85.4 Å². The van der Waals surface area contributed by atoms with Crippen LogP contribution in [0, 0.1) is 5.92 Å². The predicted molar refractivity (Wildman–Crippen MR) is 123 cm³/mol. The molecule has 2 aliphatic rings. The summed E-state index contributed by atoms with van der Waals surface area (Å²) in [5.41, 5.74) is 0.788. The molecule has 0 spiro atoms. The molecule has 0 bridgehead atoms. The van der Waals surface area contributed by atoms with E-state index in [1.807, 2.05) is 54.6 Å². The van der Waals surface area contributed by atoms with Crippen molar-refractivity contribution in [3.8, 4) is 11.5 Å². The van der Waals surface area contributed by atoms with Gasteiger partial charge in [-0.2, -0.15) is 5.06 Å². The Morgan fingerprint density at radius 3 is 2.64 bits per heavy atom. The number of sulfonamides is 1. The molecule has 3 unspecified atom stereocenters. The lowest BCUT2D eigenvalue weighted by Gasteiger charge is -2.34. The van der Waals surface area contributed by atoms with Gasteiger partial charge in [-0.15, -0.1) is 0 Å². The van der Waals surface area contributed by atoms with Crippen LogP contribution < -0.4 is 4.74 Å². The zero-order valence-corrected chi connectivity index (χ0v) is 19.7. The maximum atomic E-state index is 13.7. The fraction of sp³-hybridized carbons (Fsp3) is 0.458. The molecule has 0 N–H and O–H groups in total. The Labute approximate surface area is 195 Å². The zero-order valence-electron chi connectivity index (χ0n) is 18.9. The van der Waals surface area contributed by atoms with Crippen molar-refractivity contribution >= 4 is 16.0 Å². The third kappa shape index (κ3) is 5.22. The molecule has 178 valence electrons. The van der Waals surface area contributed by atoms with Crippen molar-refractivity contribution in [3.05, 3.63) is 60.2 Å². The molecule has 33 heavy (non-hydrogen) atoms. The van der Waals surface area contributed by atoms with Crippen molar-refractivity contribution in [2.24, 2.45) is 5.92 Å². The maximum absolute atomic E-state index is 13.7. The van der Waals surface area contributed by atoms with Crippen molar-refractivity contribution in [2.45, 2.75) is 31.1 Å². The number of hydrogen-bond acceptors (Lipinski definition) is 7. The number of benzene rings is 2. The SMILES string of the molecule is CCOC(=O)C1CCCN(S(=O)(=O)C2CON(C)C2c2cccc(Oc3ccccc3)c2)C1. The predicted octanol–water partition coefficient (Wildman–Crippen LogP) is 3.37. The average Bonchev–Trinajstić information content (AvgIpc) is 3.22. The third-order valence-corrected chi connectivity index (χ3v) is 8.32. The molecule has 3 atom stereocenters. The van der Waals surface area contributed by atoms with E-state index in [2.05, 4.69) is 0 Å². The minimum atomic E-state index is -3.73. The average molecular weight is 475 g/mol. The van der Waals surface area contributed by atoms with Gasteiger partial charge in [-0.3, -0.25) is 9.63 Å². The van der Waals surface area contributed by atoms with Gasteiger partial charge in [-0.05, 0) is 49.6 Å². The molecule has 2 fully saturated rings. The van der Waals surface area contributed by atoms with Crippen molar-refractivity contribution < 1.29 is 27.5 Å². The molecule has 2 heterocycles. The number of carbonyl (C=O) groups is 1. The molecule has 2 aromatic rings. The van der Waals surface area contributed by atoms with Crippen LogP contribution in [0.25, 0.3) is 0 Å². The Morgan fingerprint density at radius 1 is 1.12 bits per heavy atom. The molecular formula is C24H30N2O6S. The molecule has 8 nitrogen and oxygen atoms in total. The van der Waals surface area contributed by atoms with Gasteiger partial charge < -0.3 is 9.47 Å². The van der Waals surface area contributed by atoms with Crippen LogP contribution in [0.15, 0.2) is 54.6 Å². The minimum Gasteiger partial charge on any atom is -0.466 e. The van der Waals surface area contributed by atoms with E-state index < -0.39 is 27.2 Å². The monoisotopic (exact) mass is 474 g/mol. The minimum absolute atomic E-state index is 0.0494. The van der Waals surface area contributed by atoms with E-state index in [1.165, 1.54) is 4.31 Å². The summed E-state index contributed by atoms with van der Waals surface area (Å²) in [7, 11) is -1.99. The molecule has 0 amide bonds. The summed E-state index contributed by atoms with van der Waals surface area (Å²) in [5, 5.41) is 0.798. The van der Waals surface area contributed by atoms with Crippen LogP contribution in [0.1, 0.15) is 31.4 Å². The molecule has 9 heteroatoms. The number of ether oxygens (including phenoxy) is 2. The molecule has 2 aliphatic heterocycles. The first-order valence-electron chi connectivity index (χ1n) is 11.2. The lowest BCUT2D eigenvalue weighted by Crippen LogP contribution is -2.48. The van der Waals surface area contributed by atoms with E-state index in [1.54, 1.807) is 19.0 Å². The van der Waals surface area contributed by atoms with Gasteiger partial charge in [-0.1, -0.05) is 30.3 Å². The van der Waals surface area contributed by atoms with Gasteiger partial charge in [0, 0.05) is 20.1 Å². The summed E-state index contributed by atoms with van der Waals surface area (Å²) < 4.78 is 39.8. The summed E-state index contributed by atoms with van der Waals surface area (Å²) in [6, 6.07) is 16.3. The highest BCUT2D eigenvalue weighted by molar-refractivity contribution is 7.89. The summed E-state index contributed by atoms with van der Waals surface area (Å²) in [6.45, 7) is 2.62. The Bertz CT molecular complexity index is 1060. The lowest BCUT2D eigenvalue weighted by atomic mass is 10.0. The molecule has 2 saturated heterocycles. The molecule has 0 aromatic heterocycles. The number of esters is 1. The van der Waals surface area contributed by atoms with Crippen LogP contribution in [0.2, 0.25) is 0 Å². The highest BCUT2D eigenvalue weighted by Crippen LogP contribution is 2.37. The molecule has 4 rings (SSSR count). The molecule has 2 aromatic carbocycles. The third-order valence-electron chi connectivity index (χ3n) is 6.11. The number of piperidine rings is 1. The van der Waals surface area contributed by atoms with Crippen LogP contribution >= 0.6 is 0 Å². The number of carbonyl (C=O) groups excluding carboxylic acids is 1. The normalized spacial score (nSPS) is 24.5. The summed E-state index contributed by atoms with van der Waals surface area (Å²) in [4.78, 5) is 17.9. The van der Waals surface area contributed by atoms with E-state index >= 15 is 0 Å². The number of nitrogens with zero attached hydrogens (tertiary/aromatic N) is 2. The van der Waals surface area contributed by atoms with E-state index in [9.17, 15) is 13.2 Å². The standard InChI is InChI=1S/C24H30N2O6S/c1-3-30-24(27)19-10-8-14-26(16-19)33(28,29)22-17-31-25(2)23(22)18-9-7-13-21(15-18)32-20-11-5-4-6-12-20/h4-7,9,11-13,15,19,22-23H,3,8,10,14,16-17H2,1-2H3. The number of rotatable bonds is 7. The van der Waals surface area contributed by atoms with E-state index in [0.29, 0.717) is 30.9 Å². The van der Waals surface area contributed by atoms with Crippen LogP contribution in [0.4, 0.5) is 0 Å². The summed E-state index contributed by atoms with van der Waals surface area (Å²) >= 11 is 0. The summed E-state index contributed by atoms with van der Waals surface area (Å²) in [6.07, 6.45) is 1.26. The molecule has 0 radical (unpaired) electrons. The van der Waals surface area contributed by atoms with E-state index in [4.69, 9.17) is 14.3 Å².